The average Bonchev–Trinajstić information content (AvgIpc) is 3.49. The lowest BCUT2D eigenvalue weighted by molar-refractivity contribution is 0.438. The summed E-state index contributed by atoms with van der Waals surface area (Å²) in [4.78, 5) is 15.4. The van der Waals surface area contributed by atoms with E-state index in [0.717, 1.165) is 56.4 Å². The zero-order valence-corrected chi connectivity index (χ0v) is 27.0. The molecule has 0 saturated carbocycles. The molecule has 10 rings (SSSR count). The summed E-state index contributed by atoms with van der Waals surface area (Å²) in [5.41, 5.74) is 12.9. The van der Waals surface area contributed by atoms with Gasteiger partial charge in [0.25, 0.3) is 0 Å². The Labute approximate surface area is 290 Å². The highest BCUT2D eigenvalue weighted by molar-refractivity contribution is 5.90. The molecule has 4 nitrogen and oxygen atoms in total. The lowest BCUT2D eigenvalue weighted by Crippen LogP contribution is -2.32. The van der Waals surface area contributed by atoms with Crippen LogP contribution in [0.15, 0.2) is 176 Å². The van der Waals surface area contributed by atoms with Crippen molar-refractivity contribution in [1.29, 1.82) is 0 Å². The third kappa shape index (κ3) is 4.22. The van der Waals surface area contributed by atoms with E-state index in [9.17, 15) is 0 Å². The van der Waals surface area contributed by atoms with Crippen LogP contribution in [-0.4, -0.2) is 15.0 Å². The topological polar surface area (TPSA) is 47.9 Å². The minimum atomic E-state index is -0.539. The molecule has 2 aromatic heterocycles. The maximum absolute atomic E-state index is 6.91. The van der Waals surface area contributed by atoms with Crippen LogP contribution in [0.2, 0.25) is 0 Å². The van der Waals surface area contributed by atoms with Crippen LogP contribution in [-0.2, 0) is 5.41 Å². The van der Waals surface area contributed by atoms with E-state index in [1.807, 2.05) is 66.7 Å². The molecule has 0 fully saturated rings. The molecule has 0 bridgehead atoms. The Balaban J connectivity index is 1.18. The first-order chi connectivity index (χ1) is 24.8. The maximum atomic E-state index is 6.91. The summed E-state index contributed by atoms with van der Waals surface area (Å²) in [6, 6.07) is 61.0. The van der Waals surface area contributed by atoms with Crippen molar-refractivity contribution in [3.63, 3.8) is 0 Å². The van der Waals surface area contributed by atoms with Crippen LogP contribution in [0.1, 0.15) is 22.3 Å². The summed E-state index contributed by atoms with van der Waals surface area (Å²) in [7, 11) is 0. The first-order valence-electron chi connectivity index (χ1n) is 16.9. The highest BCUT2D eigenvalue weighted by Gasteiger charge is 2.51. The molecule has 1 aliphatic heterocycles. The number of nitrogens with zero attached hydrogens (tertiary/aromatic N) is 3. The lowest BCUT2D eigenvalue weighted by Gasteiger charge is -2.40. The molecule has 0 radical (unpaired) electrons. The summed E-state index contributed by atoms with van der Waals surface area (Å²) in [6.07, 6.45) is 0. The number of para-hydroxylation sites is 2. The molecule has 1 aliphatic carbocycles. The minimum Gasteiger partial charge on any atom is -0.456 e. The highest BCUT2D eigenvalue weighted by Crippen LogP contribution is 2.63. The maximum Gasteiger partial charge on any atom is 0.179 e. The molecule has 4 heteroatoms. The largest absolute Gasteiger partial charge is 0.456 e. The first-order valence-corrected chi connectivity index (χ1v) is 16.9. The van der Waals surface area contributed by atoms with E-state index in [0.29, 0.717) is 11.5 Å². The van der Waals surface area contributed by atoms with Gasteiger partial charge >= 0.3 is 0 Å². The fourth-order valence-corrected chi connectivity index (χ4v) is 7.86. The van der Waals surface area contributed by atoms with E-state index in [1.54, 1.807) is 0 Å². The van der Waals surface area contributed by atoms with Crippen molar-refractivity contribution >= 4 is 0 Å². The molecule has 2 aliphatic rings. The SMILES string of the molecule is c1ccc(-c2cc(-c3ccccc3)nc(-c3cccc(-c4cccc5c4Oc4ccccc4C54c5ccccc5-c5ccccc54)n3)n2)cc1. The Morgan fingerprint density at radius 1 is 0.360 bits per heavy atom. The molecule has 8 aromatic rings. The predicted molar refractivity (Wildman–Crippen MR) is 199 cm³/mol. The average molecular weight is 640 g/mol. The second-order valence-corrected chi connectivity index (χ2v) is 12.7. The second kappa shape index (κ2) is 11.2. The summed E-state index contributed by atoms with van der Waals surface area (Å²) in [6.45, 7) is 0. The molecular weight excluding hydrogens is 611 g/mol. The third-order valence-electron chi connectivity index (χ3n) is 9.99. The van der Waals surface area contributed by atoms with Crippen LogP contribution in [0.3, 0.4) is 0 Å². The van der Waals surface area contributed by atoms with E-state index in [-0.39, 0.29) is 0 Å². The standard InChI is InChI=1S/C46H29N3O/c1-3-15-30(16-4-1)41-29-42(31-17-5-2-6-18-31)49-45(48-41)40-27-14-26-39(47-40)34-21-13-25-38-44(34)50-43-28-12-11-24-37(43)46(38)35-22-9-7-19-32(35)33-20-8-10-23-36(33)46/h1-29H. The van der Waals surface area contributed by atoms with Crippen molar-refractivity contribution in [2.75, 3.05) is 0 Å². The number of hydrogen-bond acceptors (Lipinski definition) is 4. The number of hydrogen-bond donors (Lipinski definition) is 0. The van der Waals surface area contributed by atoms with E-state index in [4.69, 9.17) is 19.7 Å². The monoisotopic (exact) mass is 639 g/mol. The van der Waals surface area contributed by atoms with Gasteiger partial charge in [-0.2, -0.15) is 0 Å². The van der Waals surface area contributed by atoms with Gasteiger partial charge in [0.15, 0.2) is 5.82 Å². The van der Waals surface area contributed by atoms with Crippen molar-refractivity contribution in [1.82, 2.24) is 15.0 Å². The predicted octanol–water partition coefficient (Wildman–Crippen LogP) is 11.0. The molecule has 0 N–H and O–H groups in total. The second-order valence-electron chi connectivity index (χ2n) is 12.7. The van der Waals surface area contributed by atoms with Gasteiger partial charge in [0.2, 0.25) is 0 Å². The molecule has 0 saturated heterocycles. The summed E-state index contributed by atoms with van der Waals surface area (Å²) in [5, 5.41) is 0. The normalized spacial score (nSPS) is 13.1. The molecule has 50 heavy (non-hydrogen) atoms. The fourth-order valence-electron chi connectivity index (χ4n) is 7.86. The van der Waals surface area contributed by atoms with Gasteiger partial charge < -0.3 is 4.74 Å². The van der Waals surface area contributed by atoms with Crippen molar-refractivity contribution < 1.29 is 4.74 Å². The van der Waals surface area contributed by atoms with Gasteiger partial charge in [-0.3, -0.25) is 0 Å². The molecule has 234 valence electrons. The van der Waals surface area contributed by atoms with Gasteiger partial charge in [0.05, 0.1) is 22.5 Å². The molecule has 0 atom stereocenters. The Hall–Kier alpha value is -6.65. The Bertz CT molecular complexity index is 2480. The molecule has 0 unspecified atom stereocenters. The van der Waals surface area contributed by atoms with Gasteiger partial charge in [-0.05, 0) is 52.6 Å². The third-order valence-corrected chi connectivity index (χ3v) is 9.99. The van der Waals surface area contributed by atoms with Crippen molar-refractivity contribution in [3.05, 3.63) is 198 Å². The summed E-state index contributed by atoms with van der Waals surface area (Å²) >= 11 is 0. The van der Waals surface area contributed by atoms with E-state index in [2.05, 4.69) is 109 Å². The number of pyridine rings is 1. The zero-order valence-electron chi connectivity index (χ0n) is 27.0. The van der Waals surface area contributed by atoms with E-state index in [1.165, 1.54) is 22.3 Å². The molecule has 0 amide bonds. The van der Waals surface area contributed by atoms with Crippen LogP contribution in [0, 0.1) is 0 Å². The number of ether oxygens (including phenoxy) is 1. The van der Waals surface area contributed by atoms with Crippen LogP contribution in [0.5, 0.6) is 11.5 Å². The van der Waals surface area contributed by atoms with Gasteiger partial charge in [-0.25, -0.2) is 15.0 Å². The first kappa shape index (κ1) is 28.4. The van der Waals surface area contributed by atoms with Gasteiger partial charge in [-0.1, -0.05) is 146 Å². The van der Waals surface area contributed by atoms with Gasteiger partial charge in [0.1, 0.15) is 17.2 Å². The van der Waals surface area contributed by atoms with E-state index < -0.39 is 5.41 Å². The van der Waals surface area contributed by atoms with Crippen LogP contribution in [0.25, 0.3) is 56.4 Å². The smallest absolute Gasteiger partial charge is 0.179 e. The molecule has 6 aromatic carbocycles. The minimum absolute atomic E-state index is 0.539. The molecular formula is C46H29N3O. The fraction of sp³-hybridized carbons (Fsp3) is 0.0217. The van der Waals surface area contributed by atoms with Crippen LogP contribution >= 0.6 is 0 Å². The number of rotatable bonds is 4. The van der Waals surface area contributed by atoms with Gasteiger partial charge in [0, 0.05) is 27.8 Å². The Morgan fingerprint density at radius 2 is 0.860 bits per heavy atom. The van der Waals surface area contributed by atoms with Gasteiger partial charge in [-0.15, -0.1) is 0 Å². The molecule has 3 heterocycles. The summed E-state index contributed by atoms with van der Waals surface area (Å²) in [5.74, 6) is 2.23. The van der Waals surface area contributed by atoms with Crippen molar-refractivity contribution in [3.8, 4) is 67.9 Å². The Morgan fingerprint density at radius 3 is 1.52 bits per heavy atom. The van der Waals surface area contributed by atoms with Crippen LogP contribution in [0.4, 0.5) is 0 Å². The van der Waals surface area contributed by atoms with Crippen molar-refractivity contribution in [2.24, 2.45) is 0 Å². The summed E-state index contributed by atoms with van der Waals surface area (Å²) < 4.78 is 6.91. The number of fused-ring (bicyclic) bond motifs is 9. The van der Waals surface area contributed by atoms with Crippen LogP contribution < -0.4 is 4.74 Å². The van der Waals surface area contributed by atoms with E-state index >= 15 is 0 Å². The lowest BCUT2D eigenvalue weighted by atomic mass is 9.65. The number of aromatic nitrogens is 3. The molecule has 1 spiro atoms. The zero-order chi connectivity index (χ0) is 33.1. The Kier molecular flexibility index (Phi) is 6.36. The quantitative estimate of drug-likeness (QED) is 0.192. The highest BCUT2D eigenvalue weighted by atomic mass is 16.5. The van der Waals surface area contributed by atoms with Crippen molar-refractivity contribution in [2.45, 2.75) is 5.41 Å². The number of benzene rings is 6.